The molecule has 1 aromatic carbocycles. The van der Waals surface area contributed by atoms with Crippen molar-refractivity contribution in [2.75, 3.05) is 18.8 Å². The number of nitrogens with zero attached hydrogens (tertiary/aromatic N) is 2. The van der Waals surface area contributed by atoms with E-state index in [0.29, 0.717) is 18.1 Å². The summed E-state index contributed by atoms with van der Waals surface area (Å²) < 4.78 is 0. The SMILES string of the molecule is C[C@@H](C1CSC(c2cc3cc(Cl)cc(C4(N)CCCC4)c3[nH]2)=N1)N1CCC(N)C1. The van der Waals surface area contributed by atoms with Crippen LogP contribution in [-0.2, 0) is 5.54 Å². The number of likely N-dealkylation sites (tertiary alicyclic amines) is 1. The predicted octanol–water partition coefficient (Wildman–Crippen LogP) is 3.83. The zero-order valence-electron chi connectivity index (χ0n) is 17.0. The number of aromatic nitrogens is 1. The maximum atomic E-state index is 6.79. The van der Waals surface area contributed by atoms with Crippen molar-refractivity contribution in [1.29, 1.82) is 0 Å². The van der Waals surface area contributed by atoms with Crippen LogP contribution in [0.3, 0.4) is 0 Å². The molecule has 29 heavy (non-hydrogen) atoms. The van der Waals surface area contributed by atoms with Crippen LogP contribution < -0.4 is 11.5 Å². The smallest absolute Gasteiger partial charge is 0.114 e. The minimum absolute atomic E-state index is 0.276. The highest BCUT2D eigenvalue weighted by atomic mass is 35.5. The van der Waals surface area contributed by atoms with Gasteiger partial charge >= 0.3 is 0 Å². The highest BCUT2D eigenvalue weighted by molar-refractivity contribution is 8.14. The lowest BCUT2D eigenvalue weighted by molar-refractivity contribution is 0.234. The van der Waals surface area contributed by atoms with E-state index in [2.05, 4.69) is 28.9 Å². The lowest BCUT2D eigenvalue weighted by Gasteiger charge is -2.27. The van der Waals surface area contributed by atoms with Crippen molar-refractivity contribution in [2.45, 2.75) is 62.7 Å². The second-order valence-corrected chi connectivity index (χ2v) is 10.5. The molecule has 2 aliphatic heterocycles. The summed E-state index contributed by atoms with van der Waals surface area (Å²) in [7, 11) is 0. The van der Waals surface area contributed by atoms with Crippen molar-refractivity contribution >= 4 is 39.3 Å². The third kappa shape index (κ3) is 3.63. The molecule has 5 N–H and O–H groups in total. The molecule has 0 radical (unpaired) electrons. The Balaban J connectivity index is 1.45. The van der Waals surface area contributed by atoms with E-state index in [9.17, 15) is 0 Å². The minimum atomic E-state index is -0.276. The van der Waals surface area contributed by atoms with Crippen LogP contribution in [0.1, 0.15) is 50.3 Å². The summed E-state index contributed by atoms with van der Waals surface area (Å²) in [5.74, 6) is 1.02. The van der Waals surface area contributed by atoms with Crippen LogP contribution in [0.4, 0.5) is 0 Å². The third-order valence-electron chi connectivity index (χ3n) is 7.02. The number of H-pyrrole nitrogens is 1. The van der Waals surface area contributed by atoms with E-state index in [1.54, 1.807) is 0 Å². The highest BCUT2D eigenvalue weighted by Crippen LogP contribution is 2.41. The molecule has 1 aliphatic carbocycles. The summed E-state index contributed by atoms with van der Waals surface area (Å²) in [5.41, 5.74) is 16.0. The predicted molar refractivity (Wildman–Crippen MR) is 124 cm³/mol. The normalized spacial score (nSPS) is 28.3. The van der Waals surface area contributed by atoms with Gasteiger partial charge in [0, 0.05) is 46.9 Å². The molecule has 1 saturated heterocycles. The van der Waals surface area contributed by atoms with Crippen LogP contribution in [0.5, 0.6) is 0 Å². The van der Waals surface area contributed by atoms with Crippen molar-refractivity contribution in [1.82, 2.24) is 9.88 Å². The van der Waals surface area contributed by atoms with Gasteiger partial charge in [-0.2, -0.15) is 0 Å². The Morgan fingerprint density at radius 1 is 1.31 bits per heavy atom. The summed E-state index contributed by atoms with van der Waals surface area (Å²) in [6.45, 7) is 4.36. The van der Waals surface area contributed by atoms with E-state index in [1.165, 1.54) is 12.8 Å². The van der Waals surface area contributed by atoms with Crippen molar-refractivity contribution in [3.05, 3.63) is 34.5 Å². The number of aliphatic imine (C=N–C) groups is 1. The number of nitrogens with one attached hydrogen (secondary N) is 1. The summed E-state index contributed by atoms with van der Waals surface area (Å²) in [5, 5.41) is 2.98. The van der Waals surface area contributed by atoms with Crippen LogP contribution in [0.25, 0.3) is 10.9 Å². The quantitative estimate of drug-likeness (QED) is 0.686. The Bertz CT molecular complexity index is 948. The molecule has 156 valence electrons. The van der Waals surface area contributed by atoms with E-state index in [0.717, 1.165) is 70.3 Å². The number of halogens is 1. The van der Waals surface area contributed by atoms with E-state index < -0.39 is 0 Å². The minimum Gasteiger partial charge on any atom is -0.353 e. The highest BCUT2D eigenvalue weighted by Gasteiger charge is 2.35. The van der Waals surface area contributed by atoms with Crippen LogP contribution in [0.15, 0.2) is 23.2 Å². The standard InChI is InChI=1S/C22H30ClN5S/c1-13(28-7-4-16(24)11-28)19-12-29-21(27-19)18-9-14-8-15(23)10-17(20(14)26-18)22(25)5-2-3-6-22/h8-10,13,16,19,26H,2-7,11-12,24-25H2,1H3/t13-,16?,19?/m0/s1. The number of nitrogens with two attached hydrogens (primary N) is 2. The number of rotatable bonds is 4. The van der Waals surface area contributed by atoms with Gasteiger partial charge in [-0.15, -0.1) is 11.8 Å². The fourth-order valence-electron chi connectivity index (χ4n) is 5.20. The second-order valence-electron chi connectivity index (χ2n) is 9.06. The number of thioether (sulfide) groups is 1. The molecule has 2 aromatic rings. The number of benzene rings is 1. The van der Waals surface area contributed by atoms with Crippen molar-refractivity contribution in [2.24, 2.45) is 16.5 Å². The fourth-order valence-corrected chi connectivity index (χ4v) is 6.59. The number of hydrogen-bond donors (Lipinski definition) is 3. The Morgan fingerprint density at radius 2 is 2.10 bits per heavy atom. The molecule has 2 unspecified atom stereocenters. The molecular weight excluding hydrogens is 402 g/mol. The first-order chi connectivity index (χ1) is 13.9. The van der Waals surface area contributed by atoms with Gasteiger partial charge in [0.15, 0.2) is 0 Å². The lowest BCUT2D eigenvalue weighted by Crippen LogP contribution is -2.40. The van der Waals surface area contributed by atoms with Gasteiger partial charge in [0.1, 0.15) is 5.04 Å². The van der Waals surface area contributed by atoms with Crippen molar-refractivity contribution < 1.29 is 0 Å². The molecule has 5 nitrogen and oxygen atoms in total. The monoisotopic (exact) mass is 431 g/mol. The van der Waals surface area contributed by atoms with Crippen LogP contribution in [-0.4, -0.2) is 51.9 Å². The summed E-state index contributed by atoms with van der Waals surface area (Å²) >= 11 is 8.31. The molecule has 1 aromatic heterocycles. The average molecular weight is 432 g/mol. The molecule has 0 spiro atoms. The lowest BCUT2D eigenvalue weighted by atomic mass is 9.88. The summed E-state index contributed by atoms with van der Waals surface area (Å²) in [4.78, 5) is 11.2. The van der Waals surface area contributed by atoms with Gasteiger partial charge in [0.25, 0.3) is 0 Å². The number of aromatic amines is 1. The van der Waals surface area contributed by atoms with Gasteiger partial charge < -0.3 is 16.5 Å². The molecule has 3 aliphatic rings. The molecule has 7 heteroatoms. The largest absolute Gasteiger partial charge is 0.353 e. The summed E-state index contributed by atoms with van der Waals surface area (Å²) in [6, 6.07) is 7.32. The first-order valence-corrected chi connectivity index (χ1v) is 12.1. The van der Waals surface area contributed by atoms with Crippen molar-refractivity contribution in [3.8, 4) is 0 Å². The molecule has 3 atom stereocenters. The van der Waals surface area contributed by atoms with Gasteiger partial charge in [0.05, 0.1) is 17.3 Å². The first-order valence-electron chi connectivity index (χ1n) is 10.8. The van der Waals surface area contributed by atoms with E-state index >= 15 is 0 Å². The topological polar surface area (TPSA) is 83.4 Å². The van der Waals surface area contributed by atoms with Gasteiger partial charge in [-0.1, -0.05) is 24.4 Å². The van der Waals surface area contributed by atoms with Crippen LogP contribution in [0, 0.1) is 0 Å². The molecule has 0 bridgehead atoms. The Kier molecular flexibility index (Phi) is 5.19. The van der Waals surface area contributed by atoms with Gasteiger partial charge in [-0.25, -0.2) is 0 Å². The molecular formula is C22H30ClN5S. The number of fused-ring (bicyclic) bond motifs is 1. The zero-order chi connectivity index (χ0) is 20.2. The van der Waals surface area contributed by atoms with Gasteiger partial charge in [-0.05, 0) is 49.9 Å². The fraction of sp³-hybridized carbons (Fsp3) is 0.591. The van der Waals surface area contributed by atoms with Crippen LogP contribution >= 0.6 is 23.4 Å². The van der Waals surface area contributed by atoms with Crippen LogP contribution in [0.2, 0.25) is 5.02 Å². The van der Waals surface area contributed by atoms with E-state index in [-0.39, 0.29) is 5.54 Å². The van der Waals surface area contributed by atoms with Crippen molar-refractivity contribution in [3.63, 3.8) is 0 Å². The zero-order valence-corrected chi connectivity index (χ0v) is 18.5. The summed E-state index contributed by atoms with van der Waals surface area (Å²) in [6.07, 6.45) is 5.49. The molecule has 1 saturated carbocycles. The maximum absolute atomic E-state index is 6.79. The van der Waals surface area contributed by atoms with Gasteiger partial charge in [-0.3, -0.25) is 9.89 Å². The Hall–Kier alpha value is -1.05. The Morgan fingerprint density at radius 3 is 2.83 bits per heavy atom. The molecule has 0 amide bonds. The van der Waals surface area contributed by atoms with E-state index in [1.807, 2.05) is 17.8 Å². The number of hydrogen-bond acceptors (Lipinski definition) is 5. The Labute approximate surface area is 181 Å². The second kappa shape index (κ2) is 7.57. The molecule has 5 rings (SSSR count). The molecule has 2 fully saturated rings. The van der Waals surface area contributed by atoms with E-state index in [4.69, 9.17) is 28.1 Å². The molecule has 3 heterocycles. The third-order valence-corrected chi connectivity index (χ3v) is 8.34. The average Bonchev–Trinajstić information content (AvgIpc) is 3.46. The maximum Gasteiger partial charge on any atom is 0.114 e. The first kappa shape index (κ1) is 19.9. The van der Waals surface area contributed by atoms with Gasteiger partial charge in [0.2, 0.25) is 0 Å².